The molecule has 1 N–H and O–H groups in total. The first-order chi connectivity index (χ1) is 8.31. The number of hydrogen-bond donors (Lipinski definition) is 1. The fourth-order valence-electron chi connectivity index (χ4n) is 1.60. The monoisotopic (exact) mass is 311 g/mol. The van der Waals surface area contributed by atoms with Crippen LogP contribution in [0.2, 0.25) is 0 Å². The molecule has 5 heteroatoms. The predicted octanol–water partition coefficient (Wildman–Crippen LogP) is 3.39. The summed E-state index contributed by atoms with van der Waals surface area (Å²) < 4.78 is 0.995. The summed E-state index contributed by atoms with van der Waals surface area (Å²) in [6.45, 7) is 3.13. The van der Waals surface area contributed by atoms with Gasteiger partial charge in [-0.3, -0.25) is 4.98 Å². The van der Waals surface area contributed by atoms with Crippen molar-refractivity contribution in [3.8, 4) is 0 Å². The van der Waals surface area contributed by atoms with E-state index in [1.807, 2.05) is 17.8 Å². The quantitative estimate of drug-likeness (QED) is 0.919. The van der Waals surface area contributed by atoms with Crippen molar-refractivity contribution in [3.63, 3.8) is 0 Å². The van der Waals surface area contributed by atoms with Gasteiger partial charge in [-0.2, -0.15) is 0 Å². The molecule has 0 fully saturated rings. The number of rotatable bonds is 5. The van der Waals surface area contributed by atoms with E-state index >= 15 is 0 Å². The highest BCUT2D eigenvalue weighted by Crippen LogP contribution is 2.25. The van der Waals surface area contributed by atoms with Crippen LogP contribution in [0.1, 0.15) is 30.0 Å². The molecule has 2 heterocycles. The van der Waals surface area contributed by atoms with E-state index in [0.717, 1.165) is 28.0 Å². The Morgan fingerprint density at radius 3 is 3.00 bits per heavy atom. The molecule has 0 spiro atoms. The van der Waals surface area contributed by atoms with E-state index < -0.39 is 0 Å². The van der Waals surface area contributed by atoms with E-state index in [2.05, 4.69) is 44.2 Å². The smallest absolute Gasteiger partial charge is 0.114 e. The van der Waals surface area contributed by atoms with Crippen LogP contribution in [-0.2, 0) is 0 Å². The van der Waals surface area contributed by atoms with Gasteiger partial charge in [0, 0.05) is 28.4 Å². The van der Waals surface area contributed by atoms with Gasteiger partial charge in [0.15, 0.2) is 0 Å². The molecule has 17 heavy (non-hydrogen) atoms. The molecular formula is C12H14BrN3S. The maximum atomic E-state index is 4.39. The number of thiazole rings is 1. The second-order valence-corrected chi connectivity index (χ2v) is 5.54. The highest BCUT2D eigenvalue weighted by Gasteiger charge is 2.16. The van der Waals surface area contributed by atoms with Crippen molar-refractivity contribution in [1.82, 2.24) is 15.3 Å². The van der Waals surface area contributed by atoms with Crippen molar-refractivity contribution in [1.29, 1.82) is 0 Å². The topological polar surface area (TPSA) is 37.8 Å². The maximum Gasteiger partial charge on any atom is 0.114 e. The fraction of sp³-hybridized carbons (Fsp3) is 0.333. The van der Waals surface area contributed by atoms with Crippen LogP contribution in [0.5, 0.6) is 0 Å². The number of aromatic nitrogens is 2. The lowest BCUT2D eigenvalue weighted by Gasteiger charge is -2.16. The van der Waals surface area contributed by atoms with E-state index in [1.54, 1.807) is 17.5 Å². The first kappa shape index (κ1) is 12.7. The van der Waals surface area contributed by atoms with E-state index in [9.17, 15) is 0 Å². The Morgan fingerprint density at radius 1 is 1.47 bits per heavy atom. The highest BCUT2D eigenvalue weighted by molar-refractivity contribution is 9.10. The molecule has 1 atom stereocenters. The van der Waals surface area contributed by atoms with Crippen molar-refractivity contribution in [2.75, 3.05) is 6.54 Å². The Labute approximate surface area is 113 Å². The highest BCUT2D eigenvalue weighted by atomic mass is 79.9. The average molecular weight is 312 g/mol. The molecule has 90 valence electrons. The normalized spacial score (nSPS) is 12.6. The van der Waals surface area contributed by atoms with Crippen molar-refractivity contribution < 1.29 is 0 Å². The molecule has 0 aliphatic carbocycles. The molecular weight excluding hydrogens is 298 g/mol. The van der Waals surface area contributed by atoms with Crippen molar-refractivity contribution in [2.24, 2.45) is 0 Å². The van der Waals surface area contributed by atoms with Gasteiger partial charge >= 0.3 is 0 Å². The van der Waals surface area contributed by atoms with Crippen LogP contribution in [0.25, 0.3) is 0 Å². The third-order valence-corrected chi connectivity index (χ3v) is 3.63. The summed E-state index contributed by atoms with van der Waals surface area (Å²) in [6, 6.07) is 2.22. The lowest BCUT2D eigenvalue weighted by atomic mass is 10.1. The number of halogens is 1. The maximum absolute atomic E-state index is 4.39. The summed E-state index contributed by atoms with van der Waals surface area (Å²) in [5, 5.41) is 6.59. The van der Waals surface area contributed by atoms with E-state index in [0.29, 0.717) is 0 Å². The van der Waals surface area contributed by atoms with Crippen LogP contribution in [0.3, 0.4) is 0 Å². The zero-order chi connectivity index (χ0) is 12.1. The number of hydrogen-bond acceptors (Lipinski definition) is 4. The zero-order valence-corrected chi connectivity index (χ0v) is 12.0. The van der Waals surface area contributed by atoms with Crippen LogP contribution in [0.4, 0.5) is 0 Å². The Bertz CT molecular complexity index is 459. The fourth-order valence-corrected chi connectivity index (χ4v) is 2.72. The minimum atomic E-state index is 0.139. The number of pyridine rings is 1. The minimum absolute atomic E-state index is 0.139. The summed E-state index contributed by atoms with van der Waals surface area (Å²) in [4.78, 5) is 8.60. The first-order valence-electron chi connectivity index (χ1n) is 5.54. The second-order valence-electron chi connectivity index (χ2n) is 3.69. The molecule has 0 amide bonds. The summed E-state index contributed by atoms with van der Waals surface area (Å²) in [7, 11) is 0. The van der Waals surface area contributed by atoms with E-state index in [1.165, 1.54) is 0 Å². The number of nitrogens with one attached hydrogen (secondary N) is 1. The summed E-state index contributed by atoms with van der Waals surface area (Å²) in [6.07, 6.45) is 6.62. The zero-order valence-electron chi connectivity index (χ0n) is 9.56. The van der Waals surface area contributed by atoms with Crippen LogP contribution in [0.15, 0.2) is 34.5 Å². The van der Waals surface area contributed by atoms with Crippen molar-refractivity contribution >= 4 is 27.3 Å². The van der Waals surface area contributed by atoms with Gasteiger partial charge in [0.25, 0.3) is 0 Å². The SMILES string of the molecule is CCCNC(c1cncc(Br)c1)c1nccs1. The van der Waals surface area contributed by atoms with E-state index in [-0.39, 0.29) is 6.04 Å². The predicted molar refractivity (Wildman–Crippen MR) is 74.2 cm³/mol. The van der Waals surface area contributed by atoms with Crippen LogP contribution < -0.4 is 5.32 Å². The van der Waals surface area contributed by atoms with Crippen LogP contribution in [0, 0.1) is 0 Å². The lowest BCUT2D eigenvalue weighted by molar-refractivity contribution is 0.594. The summed E-state index contributed by atoms with van der Waals surface area (Å²) in [5.41, 5.74) is 1.14. The molecule has 2 aromatic heterocycles. The molecule has 0 aliphatic heterocycles. The van der Waals surface area contributed by atoms with Gasteiger partial charge in [0.05, 0.1) is 6.04 Å². The van der Waals surface area contributed by atoms with E-state index in [4.69, 9.17) is 0 Å². The van der Waals surface area contributed by atoms with Gasteiger partial charge in [-0.15, -0.1) is 11.3 Å². The molecule has 0 aliphatic rings. The molecule has 3 nitrogen and oxygen atoms in total. The van der Waals surface area contributed by atoms with Crippen molar-refractivity contribution in [2.45, 2.75) is 19.4 Å². The average Bonchev–Trinajstić information content (AvgIpc) is 2.83. The molecule has 2 rings (SSSR count). The summed E-state index contributed by atoms with van der Waals surface area (Å²) >= 11 is 5.12. The van der Waals surface area contributed by atoms with Gasteiger partial charge < -0.3 is 5.32 Å². The molecule has 0 saturated carbocycles. The molecule has 0 bridgehead atoms. The largest absolute Gasteiger partial charge is 0.304 e. The third kappa shape index (κ3) is 3.34. The number of nitrogens with zero attached hydrogens (tertiary/aromatic N) is 2. The second kappa shape index (κ2) is 6.23. The first-order valence-corrected chi connectivity index (χ1v) is 7.21. The van der Waals surface area contributed by atoms with Crippen molar-refractivity contribution in [3.05, 3.63) is 45.1 Å². The Morgan fingerprint density at radius 2 is 2.35 bits per heavy atom. The standard InChI is InChI=1S/C12H14BrN3S/c1-2-3-15-11(12-16-4-5-17-12)9-6-10(13)8-14-7-9/h4-8,11,15H,2-3H2,1H3. The van der Waals surface area contributed by atoms with Crippen LogP contribution >= 0.6 is 27.3 Å². The molecule has 2 aromatic rings. The molecule has 0 aromatic carbocycles. The molecule has 0 radical (unpaired) electrons. The minimum Gasteiger partial charge on any atom is -0.304 e. The van der Waals surface area contributed by atoms with Gasteiger partial charge in [0.1, 0.15) is 5.01 Å². The van der Waals surface area contributed by atoms with Gasteiger partial charge in [-0.05, 0) is 40.5 Å². The van der Waals surface area contributed by atoms with Gasteiger partial charge in [-0.25, -0.2) is 4.98 Å². The molecule has 1 unspecified atom stereocenters. The Hall–Kier alpha value is -0.780. The molecule has 0 saturated heterocycles. The lowest BCUT2D eigenvalue weighted by Crippen LogP contribution is -2.23. The Balaban J connectivity index is 2.27. The van der Waals surface area contributed by atoms with Gasteiger partial charge in [0.2, 0.25) is 0 Å². The van der Waals surface area contributed by atoms with Crippen LogP contribution in [-0.4, -0.2) is 16.5 Å². The summed E-state index contributed by atoms with van der Waals surface area (Å²) in [5.74, 6) is 0. The third-order valence-electron chi connectivity index (χ3n) is 2.36. The van der Waals surface area contributed by atoms with Gasteiger partial charge in [-0.1, -0.05) is 6.92 Å². The Kier molecular flexibility index (Phi) is 4.65.